The molecule has 0 amide bonds. The fourth-order valence-electron chi connectivity index (χ4n) is 2.16. The molecule has 2 atom stereocenters. The summed E-state index contributed by atoms with van der Waals surface area (Å²) in [6.45, 7) is 5.63. The Kier molecular flexibility index (Phi) is 3.72. The molecule has 2 aliphatic rings. The first kappa shape index (κ1) is 19.1. The summed E-state index contributed by atoms with van der Waals surface area (Å²) in [7, 11) is 0. The Morgan fingerprint density at radius 3 is 1.00 bits per heavy atom. The van der Waals surface area contributed by atoms with Crippen LogP contribution in [0, 0.1) is 0 Å². The summed E-state index contributed by atoms with van der Waals surface area (Å²) in [5.41, 5.74) is -9.79. The molecule has 11 heteroatoms. The molecule has 0 radical (unpaired) electrons. The van der Waals surface area contributed by atoms with E-state index in [1.54, 1.807) is 0 Å². The molecule has 0 aliphatic carbocycles. The van der Waals surface area contributed by atoms with E-state index >= 15 is 0 Å². The third kappa shape index (κ3) is 2.38. The van der Waals surface area contributed by atoms with Gasteiger partial charge in [-0.05, 0) is 41.5 Å². The monoisotopic (exact) mass is 372 g/mol. The zero-order valence-corrected chi connectivity index (χ0v) is 14.1. The van der Waals surface area contributed by atoms with Gasteiger partial charge in [0.05, 0.1) is 0 Å². The van der Waals surface area contributed by atoms with Crippen molar-refractivity contribution in [3.05, 3.63) is 0 Å². The number of halogens is 6. The highest BCUT2D eigenvalue weighted by atomic mass is 32.3. The van der Waals surface area contributed by atoms with Gasteiger partial charge >= 0.3 is 12.4 Å². The Morgan fingerprint density at radius 1 is 0.565 bits per heavy atom. The van der Waals surface area contributed by atoms with Gasteiger partial charge in [0.2, 0.25) is 22.4 Å². The van der Waals surface area contributed by atoms with Crippen molar-refractivity contribution in [1.29, 1.82) is 0 Å². The van der Waals surface area contributed by atoms with Crippen molar-refractivity contribution in [2.24, 2.45) is 0 Å². The number of alkyl halides is 6. The van der Waals surface area contributed by atoms with E-state index in [0.29, 0.717) is 13.8 Å². The normalized spacial score (nSPS) is 46.1. The summed E-state index contributed by atoms with van der Waals surface area (Å²) in [6.07, 6.45) is -9.80. The first-order valence-corrected chi connectivity index (χ1v) is 7.95. The summed E-state index contributed by atoms with van der Waals surface area (Å²) in [5.74, 6) is 0. The summed E-state index contributed by atoms with van der Waals surface area (Å²) in [4.78, 5) is 0. The van der Waals surface area contributed by atoms with Crippen LogP contribution in [0.25, 0.3) is 0 Å². The van der Waals surface area contributed by atoms with E-state index in [2.05, 4.69) is 0 Å². The van der Waals surface area contributed by atoms with Gasteiger partial charge in [-0.25, -0.2) is 0 Å². The highest BCUT2D eigenvalue weighted by Gasteiger charge is 2.79. The van der Waals surface area contributed by atoms with Gasteiger partial charge in [0.25, 0.3) is 0 Å². The molecule has 2 rings (SSSR count). The molecule has 0 aromatic carbocycles. The summed E-state index contributed by atoms with van der Waals surface area (Å²) < 4.78 is 100. The molecular weight excluding hydrogens is 354 g/mol. The highest BCUT2D eigenvalue weighted by molar-refractivity contribution is 8.18. The second kappa shape index (κ2) is 4.48. The molecule has 2 aliphatic heterocycles. The SMILES string of the molecule is CC1(C)OS2(OC(C)(C)C(C)(C(F)(F)F)O2)OC1(C)C(F)(F)F. The summed E-state index contributed by atoms with van der Waals surface area (Å²) in [5, 5.41) is 0. The molecule has 0 aromatic rings. The molecule has 0 aromatic heterocycles. The van der Waals surface area contributed by atoms with E-state index in [0.717, 1.165) is 27.7 Å². The molecule has 2 heterocycles. The van der Waals surface area contributed by atoms with Gasteiger partial charge in [-0.2, -0.15) is 26.3 Å². The lowest BCUT2D eigenvalue weighted by molar-refractivity contribution is -0.267. The van der Waals surface area contributed by atoms with E-state index in [1.807, 2.05) is 0 Å². The molecule has 0 N–H and O–H groups in total. The molecule has 4 nitrogen and oxygen atoms in total. The fraction of sp³-hybridized carbons (Fsp3) is 1.00. The maximum Gasteiger partial charge on any atom is 0.421 e. The average Bonchev–Trinajstić information content (AvgIpc) is 2.53. The minimum atomic E-state index is -4.90. The molecule has 2 fully saturated rings. The van der Waals surface area contributed by atoms with Crippen molar-refractivity contribution in [2.45, 2.75) is 76.3 Å². The first-order valence-electron chi connectivity index (χ1n) is 6.62. The van der Waals surface area contributed by atoms with Crippen LogP contribution in [0.1, 0.15) is 41.5 Å². The lowest BCUT2D eigenvalue weighted by Crippen LogP contribution is -2.55. The fourth-order valence-corrected chi connectivity index (χ4v) is 5.11. The largest absolute Gasteiger partial charge is 0.421 e. The Morgan fingerprint density at radius 2 is 0.826 bits per heavy atom. The predicted molar refractivity (Wildman–Crippen MR) is 69.0 cm³/mol. The zero-order valence-electron chi connectivity index (χ0n) is 13.3. The Balaban J connectivity index is 2.49. The molecule has 2 saturated heterocycles. The van der Waals surface area contributed by atoms with Crippen molar-refractivity contribution in [2.75, 3.05) is 0 Å². The summed E-state index contributed by atoms with van der Waals surface area (Å²) >= 11 is -3.96. The zero-order chi connectivity index (χ0) is 18.3. The van der Waals surface area contributed by atoms with E-state index < -0.39 is 45.9 Å². The van der Waals surface area contributed by atoms with Crippen molar-refractivity contribution in [3.63, 3.8) is 0 Å². The smallest absolute Gasteiger partial charge is 0.262 e. The topological polar surface area (TPSA) is 36.9 Å². The van der Waals surface area contributed by atoms with Crippen LogP contribution < -0.4 is 0 Å². The van der Waals surface area contributed by atoms with Gasteiger partial charge in [0.1, 0.15) is 11.2 Å². The molecule has 138 valence electrons. The lowest BCUT2D eigenvalue weighted by atomic mass is 9.87. The maximum atomic E-state index is 13.4. The Bertz CT molecular complexity index is 471. The van der Waals surface area contributed by atoms with Crippen molar-refractivity contribution < 1.29 is 43.1 Å². The molecule has 2 unspecified atom stereocenters. The highest BCUT2D eigenvalue weighted by Crippen LogP contribution is 2.77. The van der Waals surface area contributed by atoms with Gasteiger partial charge in [0, 0.05) is 0 Å². The standard InChI is InChI=1S/C12H18F6O4S/c1-7(2)9(5,11(13,14)15)21-23(19-7)20-8(3,4)10(6,22-23)12(16,17)18/h1-6H3. The Hall–Kier alpha value is -0.230. The van der Waals surface area contributed by atoms with Crippen LogP contribution in [0.4, 0.5) is 26.3 Å². The third-order valence-corrected chi connectivity index (χ3v) is 6.85. The van der Waals surface area contributed by atoms with E-state index in [1.165, 1.54) is 0 Å². The van der Waals surface area contributed by atoms with Gasteiger partial charge in [-0.1, -0.05) is 0 Å². The molecule has 23 heavy (non-hydrogen) atoms. The summed E-state index contributed by atoms with van der Waals surface area (Å²) in [6, 6.07) is 0. The van der Waals surface area contributed by atoms with Crippen molar-refractivity contribution in [1.82, 2.24) is 0 Å². The predicted octanol–water partition coefficient (Wildman–Crippen LogP) is 4.74. The van der Waals surface area contributed by atoms with Crippen molar-refractivity contribution >= 4 is 11.2 Å². The van der Waals surface area contributed by atoms with Gasteiger partial charge in [-0.3, -0.25) is 16.7 Å². The van der Waals surface area contributed by atoms with Gasteiger partial charge < -0.3 is 0 Å². The maximum absolute atomic E-state index is 13.4. The minimum Gasteiger partial charge on any atom is -0.262 e. The van der Waals surface area contributed by atoms with E-state index in [9.17, 15) is 26.3 Å². The molecule has 1 spiro atoms. The van der Waals surface area contributed by atoms with Gasteiger partial charge in [-0.15, -0.1) is 0 Å². The second-order valence-corrected chi connectivity index (χ2v) is 8.31. The van der Waals surface area contributed by atoms with Crippen LogP contribution >= 0.6 is 11.2 Å². The first-order chi connectivity index (χ1) is 9.83. The van der Waals surface area contributed by atoms with Crippen LogP contribution in [0.2, 0.25) is 0 Å². The molecule has 0 bridgehead atoms. The average molecular weight is 372 g/mol. The van der Waals surface area contributed by atoms with Gasteiger partial charge in [0.15, 0.2) is 0 Å². The number of hydrogen-bond donors (Lipinski definition) is 0. The van der Waals surface area contributed by atoms with Crippen LogP contribution in [0.3, 0.4) is 0 Å². The van der Waals surface area contributed by atoms with Crippen LogP contribution in [0.5, 0.6) is 0 Å². The Labute approximate surface area is 131 Å². The van der Waals surface area contributed by atoms with E-state index in [4.69, 9.17) is 16.7 Å². The van der Waals surface area contributed by atoms with E-state index in [-0.39, 0.29) is 0 Å². The molecular formula is C12H18F6O4S. The lowest BCUT2D eigenvalue weighted by Gasteiger charge is -2.34. The molecule has 0 saturated carbocycles. The van der Waals surface area contributed by atoms with Crippen LogP contribution in [-0.4, -0.2) is 34.8 Å². The van der Waals surface area contributed by atoms with Crippen LogP contribution in [0.15, 0.2) is 0 Å². The minimum absolute atomic E-state index is 0.692. The third-order valence-electron chi connectivity index (χ3n) is 4.54. The number of hydrogen-bond acceptors (Lipinski definition) is 4. The second-order valence-electron chi connectivity index (χ2n) is 6.82. The number of rotatable bonds is 0. The van der Waals surface area contributed by atoms with Crippen molar-refractivity contribution in [3.8, 4) is 0 Å². The quantitative estimate of drug-likeness (QED) is 0.576. The van der Waals surface area contributed by atoms with Crippen LogP contribution in [-0.2, 0) is 16.7 Å².